The van der Waals surface area contributed by atoms with E-state index in [4.69, 9.17) is 10.2 Å². The molecule has 0 saturated heterocycles. The number of nitrogens with one attached hydrogen (secondary N) is 1. The van der Waals surface area contributed by atoms with Gasteiger partial charge in [0.25, 0.3) is 0 Å². The van der Waals surface area contributed by atoms with Crippen molar-refractivity contribution in [1.29, 1.82) is 0 Å². The summed E-state index contributed by atoms with van der Waals surface area (Å²) in [7, 11) is 0. The van der Waals surface area contributed by atoms with Crippen molar-refractivity contribution < 1.29 is 4.42 Å². The Morgan fingerprint density at radius 2 is 2.20 bits per heavy atom. The number of nitrogens with two attached hydrogens (primary N) is 1. The molecular formula is C11H11BrN2O. The molecule has 1 aromatic carbocycles. The standard InChI is InChI=1S/C11H11BrN2O/c12-9-1-2-10(13)11(5-9)14-6-8-3-4-15-7-8/h1-5,7,14H,6,13H2. The Balaban J connectivity index is 2.07. The molecule has 4 heteroatoms. The molecule has 0 unspecified atom stereocenters. The van der Waals surface area contributed by atoms with Gasteiger partial charge in [0.05, 0.1) is 23.9 Å². The van der Waals surface area contributed by atoms with Crippen LogP contribution in [-0.2, 0) is 6.54 Å². The maximum Gasteiger partial charge on any atom is 0.0952 e. The first-order chi connectivity index (χ1) is 7.25. The topological polar surface area (TPSA) is 51.2 Å². The highest BCUT2D eigenvalue weighted by Gasteiger charge is 2.00. The van der Waals surface area contributed by atoms with Gasteiger partial charge >= 0.3 is 0 Å². The van der Waals surface area contributed by atoms with Crippen LogP contribution in [0.15, 0.2) is 45.7 Å². The van der Waals surface area contributed by atoms with Crippen LogP contribution in [0.1, 0.15) is 5.56 Å². The number of anilines is 2. The minimum atomic E-state index is 0.706. The van der Waals surface area contributed by atoms with Crippen molar-refractivity contribution in [2.75, 3.05) is 11.1 Å². The quantitative estimate of drug-likeness (QED) is 0.839. The SMILES string of the molecule is Nc1ccc(Br)cc1NCc1ccoc1. The molecule has 15 heavy (non-hydrogen) atoms. The summed E-state index contributed by atoms with van der Waals surface area (Å²) in [5.41, 5.74) is 8.57. The number of nitrogen functional groups attached to an aromatic ring is 1. The Bertz CT molecular complexity index is 440. The molecule has 1 heterocycles. The molecule has 0 spiro atoms. The number of hydrogen-bond acceptors (Lipinski definition) is 3. The Morgan fingerprint density at radius 1 is 1.33 bits per heavy atom. The molecule has 2 rings (SSSR count). The molecule has 0 aliphatic carbocycles. The molecule has 3 nitrogen and oxygen atoms in total. The van der Waals surface area contributed by atoms with E-state index < -0.39 is 0 Å². The average molecular weight is 267 g/mol. The lowest BCUT2D eigenvalue weighted by Gasteiger charge is -2.08. The summed E-state index contributed by atoms with van der Waals surface area (Å²) >= 11 is 3.40. The summed E-state index contributed by atoms with van der Waals surface area (Å²) in [6.45, 7) is 0.706. The van der Waals surface area contributed by atoms with Crippen molar-refractivity contribution in [2.24, 2.45) is 0 Å². The summed E-state index contributed by atoms with van der Waals surface area (Å²) < 4.78 is 5.98. The predicted molar refractivity (Wildman–Crippen MR) is 64.6 cm³/mol. The average Bonchev–Trinajstić information content (AvgIpc) is 2.72. The second-order valence-corrected chi connectivity index (χ2v) is 4.13. The van der Waals surface area contributed by atoms with E-state index >= 15 is 0 Å². The number of halogens is 1. The number of hydrogen-bond donors (Lipinski definition) is 2. The van der Waals surface area contributed by atoms with Crippen LogP contribution in [0.25, 0.3) is 0 Å². The Morgan fingerprint density at radius 3 is 2.93 bits per heavy atom. The Hall–Kier alpha value is -1.42. The van der Waals surface area contributed by atoms with Gasteiger partial charge in [-0.25, -0.2) is 0 Å². The van der Waals surface area contributed by atoms with E-state index in [1.807, 2.05) is 24.3 Å². The van der Waals surface area contributed by atoms with Gasteiger partial charge in [-0.15, -0.1) is 0 Å². The van der Waals surface area contributed by atoms with Crippen molar-refractivity contribution in [3.63, 3.8) is 0 Å². The molecule has 0 fully saturated rings. The van der Waals surface area contributed by atoms with Crippen LogP contribution in [-0.4, -0.2) is 0 Å². The van der Waals surface area contributed by atoms with Gasteiger partial charge < -0.3 is 15.5 Å². The molecule has 78 valence electrons. The van der Waals surface area contributed by atoms with Crippen LogP contribution in [0, 0.1) is 0 Å². The van der Waals surface area contributed by atoms with Gasteiger partial charge in [0.15, 0.2) is 0 Å². The van der Waals surface area contributed by atoms with Crippen LogP contribution in [0.4, 0.5) is 11.4 Å². The first-order valence-corrected chi connectivity index (χ1v) is 5.35. The van der Waals surface area contributed by atoms with Crippen molar-refractivity contribution in [1.82, 2.24) is 0 Å². The van der Waals surface area contributed by atoms with E-state index in [0.29, 0.717) is 6.54 Å². The number of furan rings is 1. The summed E-state index contributed by atoms with van der Waals surface area (Å²) in [4.78, 5) is 0. The predicted octanol–water partition coefficient (Wildman–Crippen LogP) is 3.24. The van der Waals surface area contributed by atoms with E-state index in [2.05, 4.69) is 21.2 Å². The van der Waals surface area contributed by atoms with Crippen LogP contribution >= 0.6 is 15.9 Å². The number of benzene rings is 1. The lowest BCUT2D eigenvalue weighted by Crippen LogP contribution is -2.01. The van der Waals surface area contributed by atoms with Crippen molar-refractivity contribution >= 4 is 27.3 Å². The minimum Gasteiger partial charge on any atom is -0.472 e. The monoisotopic (exact) mass is 266 g/mol. The van der Waals surface area contributed by atoms with Crippen LogP contribution in [0.3, 0.4) is 0 Å². The van der Waals surface area contributed by atoms with Crippen LogP contribution in [0.5, 0.6) is 0 Å². The molecule has 0 amide bonds. The van der Waals surface area contributed by atoms with Gasteiger partial charge in [-0.05, 0) is 24.3 Å². The summed E-state index contributed by atoms with van der Waals surface area (Å²) in [6.07, 6.45) is 3.36. The summed E-state index contributed by atoms with van der Waals surface area (Å²) in [5, 5.41) is 3.24. The first kappa shape index (κ1) is 10.1. The molecule has 2 aromatic rings. The second kappa shape index (κ2) is 4.40. The van der Waals surface area contributed by atoms with Gasteiger partial charge in [0.1, 0.15) is 0 Å². The van der Waals surface area contributed by atoms with E-state index in [1.165, 1.54) is 0 Å². The van der Waals surface area contributed by atoms with Gasteiger partial charge in [-0.3, -0.25) is 0 Å². The van der Waals surface area contributed by atoms with Crippen molar-refractivity contribution in [2.45, 2.75) is 6.54 Å². The summed E-state index contributed by atoms with van der Waals surface area (Å²) in [6, 6.07) is 7.65. The minimum absolute atomic E-state index is 0.706. The van der Waals surface area contributed by atoms with E-state index in [1.54, 1.807) is 12.5 Å². The maximum absolute atomic E-state index is 5.82. The third-order valence-corrected chi connectivity index (χ3v) is 2.57. The molecule has 0 saturated carbocycles. The third kappa shape index (κ3) is 2.53. The van der Waals surface area contributed by atoms with Crippen LogP contribution in [0.2, 0.25) is 0 Å². The fourth-order valence-electron chi connectivity index (χ4n) is 1.27. The third-order valence-electron chi connectivity index (χ3n) is 2.08. The lowest BCUT2D eigenvalue weighted by atomic mass is 10.2. The van der Waals surface area contributed by atoms with E-state index in [-0.39, 0.29) is 0 Å². The summed E-state index contributed by atoms with van der Waals surface area (Å²) in [5.74, 6) is 0. The Kier molecular flexibility index (Phi) is 2.97. The molecule has 0 bridgehead atoms. The lowest BCUT2D eigenvalue weighted by molar-refractivity contribution is 0.564. The molecule has 0 aliphatic rings. The van der Waals surface area contributed by atoms with Gasteiger partial charge in [-0.2, -0.15) is 0 Å². The highest BCUT2D eigenvalue weighted by molar-refractivity contribution is 9.10. The fraction of sp³-hybridized carbons (Fsp3) is 0.0909. The normalized spacial score (nSPS) is 10.2. The zero-order chi connectivity index (χ0) is 10.7. The second-order valence-electron chi connectivity index (χ2n) is 3.22. The van der Waals surface area contributed by atoms with Crippen molar-refractivity contribution in [3.05, 3.63) is 46.8 Å². The first-order valence-electron chi connectivity index (χ1n) is 4.55. The number of rotatable bonds is 3. The van der Waals surface area contributed by atoms with Crippen molar-refractivity contribution in [3.8, 4) is 0 Å². The smallest absolute Gasteiger partial charge is 0.0952 e. The molecule has 1 aromatic heterocycles. The molecule has 0 atom stereocenters. The van der Waals surface area contributed by atoms with Gasteiger partial charge in [0, 0.05) is 16.6 Å². The molecular weight excluding hydrogens is 256 g/mol. The van der Waals surface area contributed by atoms with E-state index in [0.717, 1.165) is 21.4 Å². The zero-order valence-corrected chi connectivity index (χ0v) is 9.62. The highest BCUT2D eigenvalue weighted by atomic mass is 79.9. The molecule has 0 aliphatic heterocycles. The fourth-order valence-corrected chi connectivity index (χ4v) is 1.63. The Labute approximate surface area is 96.4 Å². The molecule has 0 radical (unpaired) electrons. The van der Waals surface area contributed by atoms with Crippen LogP contribution < -0.4 is 11.1 Å². The van der Waals surface area contributed by atoms with E-state index in [9.17, 15) is 0 Å². The zero-order valence-electron chi connectivity index (χ0n) is 8.03. The van der Waals surface area contributed by atoms with Gasteiger partial charge in [0.2, 0.25) is 0 Å². The molecule has 3 N–H and O–H groups in total. The maximum atomic E-state index is 5.82. The highest BCUT2D eigenvalue weighted by Crippen LogP contribution is 2.23. The van der Waals surface area contributed by atoms with Gasteiger partial charge in [-0.1, -0.05) is 15.9 Å². The largest absolute Gasteiger partial charge is 0.472 e.